The van der Waals surface area contributed by atoms with Gasteiger partial charge < -0.3 is 15.7 Å². The van der Waals surface area contributed by atoms with Gasteiger partial charge in [0.05, 0.1) is 49.3 Å². The number of carbonyl (C=O) groups is 4. The molecule has 0 bridgehead atoms. The molecular formula is C36H72Cl2N8O5S2. The molecule has 0 heterocycles. The number of carbonyl (C=O) groups excluding carboxylic acids is 3. The maximum Gasteiger partial charge on any atom is 0.320 e. The number of aliphatic carboxylic acids is 1. The van der Waals surface area contributed by atoms with Crippen molar-refractivity contribution >= 4 is 71.4 Å². The Labute approximate surface area is 342 Å². The predicted octanol–water partition coefficient (Wildman–Crippen LogP) is 5.64. The highest BCUT2D eigenvalue weighted by Crippen LogP contribution is 2.07. The lowest BCUT2D eigenvalue weighted by Crippen LogP contribution is -2.36. The van der Waals surface area contributed by atoms with Gasteiger partial charge >= 0.3 is 5.97 Å². The Morgan fingerprint density at radius 2 is 0.943 bits per heavy atom. The van der Waals surface area contributed by atoms with Crippen LogP contribution < -0.4 is 10.6 Å². The van der Waals surface area contributed by atoms with E-state index >= 15 is 0 Å². The van der Waals surface area contributed by atoms with Crippen LogP contribution >= 0.6 is 23.2 Å². The van der Waals surface area contributed by atoms with Gasteiger partial charge in [-0.05, 0) is 111 Å². The lowest BCUT2D eigenvalue weighted by Gasteiger charge is -2.19. The van der Waals surface area contributed by atoms with E-state index < -0.39 is 12.0 Å². The Morgan fingerprint density at radius 1 is 0.623 bits per heavy atom. The van der Waals surface area contributed by atoms with E-state index in [1.807, 2.05) is 56.7 Å². The Kier molecular flexibility index (Phi) is 42.4. The molecule has 53 heavy (non-hydrogen) atoms. The fraction of sp³-hybridized carbons (Fsp3) is 0.889. The maximum absolute atomic E-state index is 11.5. The highest BCUT2D eigenvalue weighted by atomic mass is 35.5. The van der Waals surface area contributed by atoms with Crippen molar-refractivity contribution in [3.05, 3.63) is 0 Å². The molecule has 0 aromatic heterocycles. The van der Waals surface area contributed by atoms with Gasteiger partial charge in [0.25, 0.3) is 0 Å². The molecule has 2 unspecified atom stereocenters. The van der Waals surface area contributed by atoms with Gasteiger partial charge in [0.15, 0.2) is 0 Å². The zero-order chi connectivity index (χ0) is 40.9. The van der Waals surface area contributed by atoms with E-state index in [0.29, 0.717) is 38.9 Å². The standard InChI is InChI=1S/C18H36N4O2S.C17H34N4O3S.CH2Cl2/c1-5-17(24)15-21(4)12-9-10-14-22(20-25)13-8-7-11-18(16(3)23)19-6-2;1-4-15(22)14-20(3)11-8-9-13-21(19-25)12-7-6-10-16(17(23)24)18-5-2;2-1-3/h18-19H,5-15H2,1-4H3;16,18H,4-14H2,1-3H3,(H,23,24);1H2. The SMILES string of the molecule is CCNC(CCCCN(CCCCN(C)CC(=O)CC)N=S)C(=O)O.CCNC(CCCCN(CCCCN(C)CC(=O)CC)N=S)C(C)=O.ClCCl. The number of alkyl halides is 2. The van der Waals surface area contributed by atoms with E-state index in [1.54, 1.807) is 6.92 Å². The number of unbranched alkanes of at least 4 members (excludes halogenated alkanes) is 4. The lowest BCUT2D eigenvalue weighted by molar-refractivity contribution is -0.139. The number of halogens is 2. The minimum absolute atomic E-state index is 0.0275. The van der Waals surface area contributed by atoms with Crippen molar-refractivity contribution in [3.63, 3.8) is 0 Å². The number of hydrogen-bond donors (Lipinski definition) is 3. The van der Waals surface area contributed by atoms with Crippen LogP contribution in [0.15, 0.2) is 8.94 Å². The summed E-state index contributed by atoms with van der Waals surface area (Å²) < 4.78 is 7.79. The molecular weight excluding hydrogens is 759 g/mol. The number of hydrogen-bond acceptors (Lipinski definition) is 12. The molecule has 2 atom stereocenters. The van der Waals surface area contributed by atoms with Gasteiger partial charge in [0.1, 0.15) is 23.4 Å². The molecule has 0 radical (unpaired) electrons. The number of likely N-dealkylation sites (N-methyl/N-ethyl adjacent to an activating group) is 4. The molecule has 0 rings (SSSR count). The number of nitrogens with one attached hydrogen (secondary N) is 2. The van der Waals surface area contributed by atoms with Crippen molar-refractivity contribution in [1.29, 1.82) is 0 Å². The van der Waals surface area contributed by atoms with Crippen molar-refractivity contribution in [2.75, 3.05) is 84.9 Å². The first-order valence-electron chi connectivity index (χ1n) is 19.2. The van der Waals surface area contributed by atoms with Crippen LogP contribution in [0, 0.1) is 0 Å². The molecule has 0 aromatic rings. The predicted molar refractivity (Wildman–Crippen MR) is 224 cm³/mol. The van der Waals surface area contributed by atoms with Gasteiger partial charge in [-0.15, -0.1) is 32.1 Å². The van der Waals surface area contributed by atoms with E-state index in [9.17, 15) is 19.2 Å². The number of carboxylic acid groups (broad SMARTS) is 1. The summed E-state index contributed by atoms with van der Waals surface area (Å²) in [7, 11) is 3.95. The van der Waals surface area contributed by atoms with Crippen LogP contribution in [0.4, 0.5) is 0 Å². The van der Waals surface area contributed by atoms with Gasteiger partial charge in [0.2, 0.25) is 0 Å². The largest absolute Gasteiger partial charge is 0.480 e. The van der Waals surface area contributed by atoms with Crippen LogP contribution in [0.2, 0.25) is 0 Å². The molecule has 0 fully saturated rings. The molecule has 0 aromatic carbocycles. The first-order chi connectivity index (χ1) is 25.3. The fourth-order valence-corrected chi connectivity index (χ4v) is 5.59. The molecule has 0 amide bonds. The summed E-state index contributed by atoms with van der Waals surface area (Å²) in [4.78, 5) is 49.4. The topological polar surface area (TPSA) is 150 Å². The smallest absolute Gasteiger partial charge is 0.320 e. The van der Waals surface area contributed by atoms with Crippen molar-refractivity contribution in [2.24, 2.45) is 8.94 Å². The van der Waals surface area contributed by atoms with Crippen LogP contribution in [0.25, 0.3) is 0 Å². The van der Waals surface area contributed by atoms with Gasteiger partial charge in [-0.25, -0.2) is 0 Å². The molecule has 0 saturated heterocycles. The monoisotopic (exact) mass is 830 g/mol. The number of nitrogens with zero attached hydrogens (tertiary/aromatic N) is 6. The molecule has 312 valence electrons. The summed E-state index contributed by atoms with van der Waals surface area (Å²) in [6.45, 7) is 16.9. The molecule has 0 aliphatic carbocycles. The van der Waals surface area contributed by atoms with E-state index in [1.165, 1.54) is 0 Å². The number of rotatable bonds is 34. The van der Waals surface area contributed by atoms with Gasteiger partial charge in [-0.3, -0.25) is 39.0 Å². The third-order valence-corrected chi connectivity index (χ3v) is 8.79. The Morgan fingerprint density at radius 3 is 1.25 bits per heavy atom. The molecule has 0 aliphatic heterocycles. The molecule has 0 spiro atoms. The zero-order valence-electron chi connectivity index (χ0n) is 33.8. The Balaban J connectivity index is -0.000000877. The fourth-order valence-electron chi connectivity index (χ4n) is 5.26. The second-order valence-corrected chi connectivity index (χ2v) is 14.1. The van der Waals surface area contributed by atoms with Gasteiger partial charge in [-0.1, -0.05) is 27.7 Å². The average Bonchev–Trinajstić information content (AvgIpc) is 3.12. The van der Waals surface area contributed by atoms with Crippen molar-refractivity contribution in [3.8, 4) is 0 Å². The van der Waals surface area contributed by atoms with Crippen molar-refractivity contribution in [2.45, 2.75) is 124 Å². The zero-order valence-corrected chi connectivity index (χ0v) is 36.9. The third kappa shape index (κ3) is 37.2. The summed E-state index contributed by atoms with van der Waals surface area (Å²) in [5.74, 6) is -0.0392. The summed E-state index contributed by atoms with van der Waals surface area (Å²) in [5.41, 5.74) is 0. The molecule has 3 N–H and O–H groups in total. The van der Waals surface area contributed by atoms with E-state index in [2.05, 4.69) is 24.5 Å². The minimum Gasteiger partial charge on any atom is -0.480 e. The summed E-state index contributed by atoms with van der Waals surface area (Å²) in [6.07, 6.45) is 10.4. The van der Waals surface area contributed by atoms with Crippen LogP contribution in [0.1, 0.15) is 112 Å². The molecule has 0 aliphatic rings. The summed E-state index contributed by atoms with van der Waals surface area (Å²) in [5, 5.41) is 19.3. The molecule has 0 saturated carbocycles. The highest BCUT2D eigenvalue weighted by molar-refractivity contribution is 7.47. The van der Waals surface area contributed by atoms with Crippen LogP contribution in [0.5, 0.6) is 0 Å². The summed E-state index contributed by atoms with van der Waals surface area (Å²) in [6, 6.07) is -0.500. The van der Waals surface area contributed by atoms with Crippen LogP contribution in [0.3, 0.4) is 0 Å². The maximum atomic E-state index is 11.5. The normalized spacial score (nSPS) is 11.8. The number of Topliss-reactive ketones (excluding diaryl/α,β-unsaturated/α-hetero) is 3. The van der Waals surface area contributed by atoms with Gasteiger partial charge in [0, 0.05) is 39.0 Å². The van der Waals surface area contributed by atoms with Crippen LogP contribution in [-0.2, 0) is 44.0 Å². The van der Waals surface area contributed by atoms with Crippen molar-refractivity contribution in [1.82, 2.24) is 30.5 Å². The van der Waals surface area contributed by atoms with E-state index in [-0.39, 0.29) is 28.7 Å². The third-order valence-electron chi connectivity index (χ3n) is 8.33. The van der Waals surface area contributed by atoms with Gasteiger partial charge in [-0.2, -0.15) is 0 Å². The lowest BCUT2D eigenvalue weighted by atomic mass is 10.1. The van der Waals surface area contributed by atoms with Crippen molar-refractivity contribution < 1.29 is 24.3 Å². The highest BCUT2D eigenvalue weighted by Gasteiger charge is 2.15. The second kappa shape index (κ2) is 40.2. The first-order valence-corrected chi connectivity index (χ1v) is 21.0. The Bertz CT molecular complexity index is 890. The Hall–Kier alpha value is -1.46. The molecule has 13 nitrogen and oxygen atoms in total. The first kappa shape index (κ1) is 55.9. The number of carboxylic acids is 1. The number of ketones is 3. The van der Waals surface area contributed by atoms with Crippen LogP contribution in [-0.4, -0.2) is 145 Å². The molecule has 17 heteroatoms. The average molecular weight is 832 g/mol. The quantitative estimate of drug-likeness (QED) is 0.0418. The second-order valence-electron chi connectivity index (χ2n) is 13.0. The summed E-state index contributed by atoms with van der Waals surface area (Å²) >= 11 is 19.2. The van der Waals surface area contributed by atoms with E-state index in [0.717, 1.165) is 104 Å². The van der Waals surface area contributed by atoms with E-state index in [4.69, 9.17) is 53.2 Å². The minimum atomic E-state index is -0.794.